The van der Waals surface area contributed by atoms with Crippen molar-refractivity contribution in [3.8, 4) is 0 Å². The van der Waals surface area contributed by atoms with Gasteiger partial charge in [0.1, 0.15) is 5.83 Å². The van der Waals surface area contributed by atoms with Crippen LogP contribution in [0.15, 0.2) is 24.1 Å². The molecule has 0 bridgehead atoms. The molecule has 2 rings (SSSR count). The normalized spacial score (nSPS) is 34.9. The predicted molar refractivity (Wildman–Crippen MR) is 67.3 cm³/mol. The lowest BCUT2D eigenvalue weighted by Crippen LogP contribution is -2.41. The molecule has 4 heteroatoms. The molecule has 2 aliphatic rings. The zero-order chi connectivity index (χ0) is 12.8. The smallest absolute Gasteiger partial charge is 0.403 e. The Hall–Kier alpha value is -0.605. The van der Waals surface area contributed by atoms with Gasteiger partial charge in [-0.05, 0) is 45.8 Å². The highest BCUT2D eigenvalue weighted by molar-refractivity contribution is 6.48. The molecule has 1 fully saturated rings. The number of allylic oxidation sites excluding steroid dienone is 4. The molecule has 0 aromatic heterocycles. The quantitative estimate of drug-likeness (QED) is 0.651. The van der Waals surface area contributed by atoms with Crippen LogP contribution in [0.2, 0.25) is 5.82 Å². The Balaban J connectivity index is 2.15. The van der Waals surface area contributed by atoms with Crippen LogP contribution in [-0.4, -0.2) is 18.3 Å². The summed E-state index contributed by atoms with van der Waals surface area (Å²) in [6, 6.07) is 0. The van der Waals surface area contributed by atoms with Crippen molar-refractivity contribution in [2.24, 2.45) is 5.92 Å². The summed E-state index contributed by atoms with van der Waals surface area (Å²) in [7, 11) is -0.296. The topological polar surface area (TPSA) is 18.5 Å². The average molecular weight is 238 g/mol. The zero-order valence-corrected chi connectivity index (χ0v) is 11.2. The summed E-state index contributed by atoms with van der Waals surface area (Å²) in [4.78, 5) is 0. The monoisotopic (exact) mass is 238 g/mol. The van der Waals surface area contributed by atoms with Gasteiger partial charge < -0.3 is 9.31 Å². The van der Waals surface area contributed by atoms with Gasteiger partial charge in [0.25, 0.3) is 0 Å². The molecule has 2 unspecified atom stereocenters. The molecule has 0 radical (unpaired) electrons. The fourth-order valence-electron chi connectivity index (χ4n) is 2.18. The summed E-state index contributed by atoms with van der Waals surface area (Å²) >= 11 is 0. The third kappa shape index (κ3) is 2.20. The van der Waals surface area contributed by atoms with Crippen LogP contribution in [-0.2, 0) is 9.31 Å². The first-order chi connectivity index (χ1) is 7.73. The average Bonchev–Trinajstić information content (AvgIpc) is 2.35. The Morgan fingerprint density at radius 3 is 2.18 bits per heavy atom. The molecule has 0 saturated carbocycles. The van der Waals surface area contributed by atoms with E-state index in [1.165, 1.54) is 6.08 Å². The maximum atomic E-state index is 13.1. The second-order valence-electron chi connectivity index (χ2n) is 5.97. The van der Waals surface area contributed by atoms with Gasteiger partial charge in [-0.15, -0.1) is 0 Å². The maximum absolute atomic E-state index is 13.1. The van der Waals surface area contributed by atoms with Gasteiger partial charge in [0, 0.05) is 5.82 Å². The van der Waals surface area contributed by atoms with Crippen molar-refractivity contribution < 1.29 is 13.7 Å². The van der Waals surface area contributed by atoms with Gasteiger partial charge in [0.05, 0.1) is 11.2 Å². The molecule has 17 heavy (non-hydrogen) atoms. The molecule has 0 amide bonds. The molecular formula is C13H20BFO2. The molecule has 1 aliphatic carbocycles. The minimum Gasteiger partial charge on any atom is -0.403 e. The van der Waals surface area contributed by atoms with E-state index in [0.717, 1.165) is 0 Å². The fourth-order valence-corrected chi connectivity index (χ4v) is 2.18. The molecular weight excluding hydrogens is 218 g/mol. The van der Waals surface area contributed by atoms with Crippen LogP contribution in [0, 0.1) is 5.92 Å². The van der Waals surface area contributed by atoms with E-state index in [-0.39, 0.29) is 35.9 Å². The molecule has 0 N–H and O–H groups in total. The summed E-state index contributed by atoms with van der Waals surface area (Å²) in [5, 5.41) is 0. The van der Waals surface area contributed by atoms with E-state index in [0.29, 0.717) is 0 Å². The predicted octanol–water partition coefficient (Wildman–Crippen LogP) is 3.51. The second-order valence-corrected chi connectivity index (χ2v) is 5.97. The highest BCUT2D eigenvalue weighted by Gasteiger charge is 2.54. The minimum absolute atomic E-state index is 0.0792. The maximum Gasteiger partial charge on any atom is 0.465 e. The highest BCUT2D eigenvalue weighted by Crippen LogP contribution is 2.43. The lowest BCUT2D eigenvalue weighted by Gasteiger charge is -2.32. The van der Waals surface area contributed by atoms with E-state index in [9.17, 15) is 4.39 Å². The van der Waals surface area contributed by atoms with E-state index in [4.69, 9.17) is 9.31 Å². The van der Waals surface area contributed by atoms with Gasteiger partial charge in [-0.2, -0.15) is 0 Å². The van der Waals surface area contributed by atoms with Gasteiger partial charge in [-0.1, -0.05) is 13.0 Å². The molecule has 0 aromatic carbocycles. The van der Waals surface area contributed by atoms with E-state index in [1.54, 1.807) is 6.08 Å². The molecule has 0 aromatic rings. The minimum atomic E-state index is -0.328. The van der Waals surface area contributed by atoms with Crippen LogP contribution in [0.1, 0.15) is 34.6 Å². The summed E-state index contributed by atoms with van der Waals surface area (Å²) in [6.07, 6.45) is 4.97. The van der Waals surface area contributed by atoms with Crippen molar-refractivity contribution >= 4 is 7.12 Å². The van der Waals surface area contributed by atoms with E-state index >= 15 is 0 Å². The molecule has 0 spiro atoms. The van der Waals surface area contributed by atoms with Gasteiger partial charge in [0.15, 0.2) is 0 Å². The van der Waals surface area contributed by atoms with Crippen molar-refractivity contribution in [1.82, 2.24) is 0 Å². The largest absolute Gasteiger partial charge is 0.465 e. The summed E-state index contributed by atoms with van der Waals surface area (Å²) in [5.74, 6) is -0.00415. The Bertz CT molecular complexity index is 358. The van der Waals surface area contributed by atoms with Crippen LogP contribution in [0.25, 0.3) is 0 Å². The van der Waals surface area contributed by atoms with Crippen molar-refractivity contribution in [1.29, 1.82) is 0 Å². The molecule has 1 heterocycles. The first-order valence-electron chi connectivity index (χ1n) is 6.14. The molecule has 94 valence electrons. The van der Waals surface area contributed by atoms with Crippen molar-refractivity contribution in [3.05, 3.63) is 24.1 Å². The summed E-state index contributed by atoms with van der Waals surface area (Å²) < 4.78 is 25.1. The van der Waals surface area contributed by atoms with Crippen LogP contribution in [0.5, 0.6) is 0 Å². The molecule has 1 aliphatic heterocycles. The van der Waals surface area contributed by atoms with Crippen molar-refractivity contribution in [2.75, 3.05) is 0 Å². The number of halogens is 1. The highest BCUT2D eigenvalue weighted by atomic mass is 19.1. The van der Waals surface area contributed by atoms with Gasteiger partial charge in [0.2, 0.25) is 0 Å². The Kier molecular flexibility index (Phi) is 2.99. The van der Waals surface area contributed by atoms with Gasteiger partial charge in [-0.3, -0.25) is 0 Å². The van der Waals surface area contributed by atoms with Crippen molar-refractivity contribution in [3.63, 3.8) is 0 Å². The lowest BCUT2D eigenvalue weighted by atomic mass is 9.64. The Labute approximate surface area is 103 Å². The second kappa shape index (κ2) is 3.96. The number of hydrogen-bond acceptors (Lipinski definition) is 2. The lowest BCUT2D eigenvalue weighted by molar-refractivity contribution is 0.00578. The summed E-state index contributed by atoms with van der Waals surface area (Å²) in [5.41, 5.74) is -0.657. The SMILES string of the molecule is CC1C=C(F)C=CC1B1OC(C)(C)C(C)(C)O1. The fraction of sp³-hybridized carbons (Fsp3) is 0.692. The van der Waals surface area contributed by atoms with E-state index in [2.05, 4.69) is 0 Å². The number of rotatable bonds is 1. The zero-order valence-electron chi connectivity index (χ0n) is 11.2. The standard InChI is InChI=1S/C13H20BFO2/c1-9-8-10(15)6-7-11(9)14-16-12(2,3)13(4,5)17-14/h6-9,11H,1-5H3. The third-order valence-corrected chi connectivity index (χ3v) is 4.09. The van der Waals surface area contributed by atoms with Gasteiger partial charge in [-0.25, -0.2) is 4.39 Å². The van der Waals surface area contributed by atoms with Crippen LogP contribution < -0.4 is 0 Å². The van der Waals surface area contributed by atoms with E-state index < -0.39 is 0 Å². The molecule has 2 nitrogen and oxygen atoms in total. The van der Waals surface area contributed by atoms with Crippen LogP contribution >= 0.6 is 0 Å². The van der Waals surface area contributed by atoms with Crippen LogP contribution in [0.3, 0.4) is 0 Å². The summed E-state index contributed by atoms with van der Waals surface area (Å²) in [6.45, 7) is 10.1. The third-order valence-electron chi connectivity index (χ3n) is 4.09. The number of hydrogen-bond donors (Lipinski definition) is 0. The first-order valence-corrected chi connectivity index (χ1v) is 6.14. The molecule has 2 atom stereocenters. The van der Waals surface area contributed by atoms with Crippen LogP contribution in [0.4, 0.5) is 4.39 Å². The van der Waals surface area contributed by atoms with Gasteiger partial charge >= 0.3 is 7.12 Å². The van der Waals surface area contributed by atoms with E-state index in [1.807, 2.05) is 40.7 Å². The Morgan fingerprint density at radius 2 is 1.71 bits per heavy atom. The molecule has 1 saturated heterocycles. The first kappa shape index (κ1) is 12.8. The Morgan fingerprint density at radius 1 is 1.18 bits per heavy atom. The van der Waals surface area contributed by atoms with Crippen molar-refractivity contribution in [2.45, 2.75) is 51.6 Å².